The Morgan fingerprint density at radius 1 is 1.35 bits per heavy atom. The number of hydroxylamine groups is 2. The first-order chi connectivity index (χ1) is 9.39. The first-order valence-corrected chi connectivity index (χ1v) is 7.30. The monoisotopic (exact) mass is 273 g/mol. The second-order valence-electron chi connectivity index (χ2n) is 7.21. The zero-order valence-electron chi connectivity index (χ0n) is 12.5. The summed E-state index contributed by atoms with van der Waals surface area (Å²) in [5, 5.41) is 10.6. The first kappa shape index (κ1) is 13.6. The van der Waals surface area contributed by atoms with Gasteiger partial charge in [-0.05, 0) is 35.4 Å². The highest BCUT2D eigenvalue weighted by Gasteiger charge is 2.25. The van der Waals surface area contributed by atoms with Crippen LogP contribution in [0.15, 0.2) is 18.2 Å². The van der Waals surface area contributed by atoms with Crippen LogP contribution in [0.1, 0.15) is 32.2 Å². The Kier molecular flexibility index (Phi) is 3.30. The van der Waals surface area contributed by atoms with Crippen LogP contribution in [0, 0.1) is 11.3 Å². The van der Waals surface area contributed by atoms with Gasteiger partial charge in [-0.3, -0.25) is 0 Å². The van der Waals surface area contributed by atoms with Gasteiger partial charge in [-0.15, -0.1) is 0 Å². The second-order valence-corrected chi connectivity index (χ2v) is 7.21. The summed E-state index contributed by atoms with van der Waals surface area (Å²) in [6.07, 6.45) is 1.99. The minimum absolute atomic E-state index is 0.243. The molecule has 1 saturated heterocycles. The minimum Gasteiger partial charge on any atom is -0.342 e. The van der Waals surface area contributed by atoms with Crippen LogP contribution in [0.4, 0.5) is 0 Å². The highest BCUT2D eigenvalue weighted by molar-refractivity contribution is 5.75. The van der Waals surface area contributed by atoms with Gasteiger partial charge in [-0.1, -0.05) is 26.8 Å². The molecule has 2 N–H and O–H groups in total. The number of nitrogens with zero attached hydrogens (tertiary/aromatic N) is 2. The molecular formula is C16H23N3O. The van der Waals surface area contributed by atoms with E-state index < -0.39 is 0 Å². The molecule has 0 spiro atoms. The van der Waals surface area contributed by atoms with Crippen molar-refractivity contribution in [1.82, 2.24) is 15.0 Å². The third kappa shape index (κ3) is 3.02. The number of fused-ring (bicyclic) bond motifs is 1. The van der Waals surface area contributed by atoms with Crippen molar-refractivity contribution in [1.29, 1.82) is 0 Å². The molecule has 1 aliphatic rings. The molecule has 1 aliphatic heterocycles. The average Bonchev–Trinajstić information content (AvgIpc) is 2.65. The molecule has 108 valence electrons. The summed E-state index contributed by atoms with van der Waals surface area (Å²) in [5.41, 5.74) is 3.74. The Morgan fingerprint density at radius 3 is 2.75 bits per heavy atom. The lowest BCUT2D eigenvalue weighted by atomic mass is 9.92. The van der Waals surface area contributed by atoms with Gasteiger partial charge in [0.25, 0.3) is 0 Å². The number of rotatable bonds is 3. The number of hydrogen-bond acceptors (Lipinski definition) is 3. The van der Waals surface area contributed by atoms with Crippen LogP contribution in [0.2, 0.25) is 0 Å². The lowest BCUT2D eigenvalue weighted by Crippen LogP contribution is -2.45. The second kappa shape index (κ2) is 4.86. The average molecular weight is 273 g/mol. The van der Waals surface area contributed by atoms with Crippen LogP contribution < -0.4 is 0 Å². The van der Waals surface area contributed by atoms with Crippen molar-refractivity contribution in [2.75, 3.05) is 13.1 Å². The van der Waals surface area contributed by atoms with Crippen LogP contribution in [0.25, 0.3) is 11.0 Å². The largest absolute Gasteiger partial charge is 0.342 e. The number of H-pyrrole nitrogens is 1. The Labute approximate surface area is 119 Å². The maximum Gasteiger partial charge on any atom is 0.107 e. The molecule has 0 unspecified atom stereocenters. The highest BCUT2D eigenvalue weighted by Crippen LogP contribution is 2.23. The molecule has 1 aromatic carbocycles. The predicted molar refractivity (Wildman–Crippen MR) is 79.8 cm³/mol. The van der Waals surface area contributed by atoms with E-state index in [9.17, 15) is 5.21 Å². The molecule has 4 nitrogen and oxygen atoms in total. The summed E-state index contributed by atoms with van der Waals surface area (Å²) in [5.74, 6) is 1.64. The predicted octanol–water partition coefficient (Wildman–Crippen LogP) is 3.02. The zero-order valence-corrected chi connectivity index (χ0v) is 12.5. The number of benzene rings is 1. The molecule has 2 heterocycles. The normalized spacial score (nSPS) is 17.6. The van der Waals surface area contributed by atoms with Gasteiger partial charge in [0.05, 0.1) is 11.0 Å². The molecule has 1 fully saturated rings. The Morgan fingerprint density at radius 2 is 2.10 bits per heavy atom. The van der Waals surface area contributed by atoms with Gasteiger partial charge in [0.2, 0.25) is 0 Å². The molecule has 0 saturated carbocycles. The molecule has 3 rings (SSSR count). The van der Waals surface area contributed by atoms with Crippen molar-refractivity contribution in [2.45, 2.75) is 33.6 Å². The van der Waals surface area contributed by atoms with E-state index >= 15 is 0 Å². The maximum atomic E-state index is 9.20. The lowest BCUT2D eigenvalue weighted by Gasteiger charge is -2.34. The van der Waals surface area contributed by atoms with E-state index in [1.54, 1.807) is 0 Å². The van der Waals surface area contributed by atoms with E-state index in [0.717, 1.165) is 42.8 Å². The minimum atomic E-state index is 0.243. The number of aromatic amines is 1. The summed E-state index contributed by atoms with van der Waals surface area (Å²) >= 11 is 0. The number of imidazole rings is 1. The maximum absolute atomic E-state index is 9.20. The summed E-state index contributed by atoms with van der Waals surface area (Å²) < 4.78 is 0. The number of nitrogens with one attached hydrogen (secondary N) is 1. The van der Waals surface area contributed by atoms with Crippen LogP contribution in [0.5, 0.6) is 0 Å². The molecule has 0 amide bonds. The summed E-state index contributed by atoms with van der Waals surface area (Å²) in [6, 6.07) is 6.46. The van der Waals surface area contributed by atoms with E-state index in [-0.39, 0.29) is 5.41 Å². The van der Waals surface area contributed by atoms with E-state index in [2.05, 4.69) is 48.9 Å². The van der Waals surface area contributed by atoms with Crippen molar-refractivity contribution in [3.8, 4) is 0 Å². The quantitative estimate of drug-likeness (QED) is 0.904. The van der Waals surface area contributed by atoms with Gasteiger partial charge in [0, 0.05) is 19.5 Å². The smallest absolute Gasteiger partial charge is 0.107 e. The van der Waals surface area contributed by atoms with Crippen LogP contribution >= 0.6 is 0 Å². The summed E-state index contributed by atoms with van der Waals surface area (Å²) in [7, 11) is 0. The molecule has 0 atom stereocenters. The molecule has 0 bridgehead atoms. The van der Waals surface area contributed by atoms with E-state index in [1.165, 1.54) is 10.6 Å². The fraction of sp³-hybridized carbons (Fsp3) is 0.562. The van der Waals surface area contributed by atoms with E-state index in [4.69, 9.17) is 0 Å². The molecule has 20 heavy (non-hydrogen) atoms. The van der Waals surface area contributed by atoms with Crippen molar-refractivity contribution in [2.24, 2.45) is 11.3 Å². The van der Waals surface area contributed by atoms with Gasteiger partial charge >= 0.3 is 0 Å². The van der Waals surface area contributed by atoms with Crippen molar-refractivity contribution >= 4 is 11.0 Å². The lowest BCUT2D eigenvalue weighted by molar-refractivity contribution is -0.167. The summed E-state index contributed by atoms with van der Waals surface area (Å²) in [4.78, 5) is 8.10. The molecule has 1 aromatic heterocycles. The van der Waals surface area contributed by atoms with Crippen LogP contribution in [0.3, 0.4) is 0 Å². The van der Waals surface area contributed by atoms with Gasteiger partial charge in [-0.25, -0.2) is 4.98 Å². The zero-order chi connectivity index (χ0) is 14.3. The van der Waals surface area contributed by atoms with Gasteiger partial charge < -0.3 is 10.2 Å². The van der Waals surface area contributed by atoms with E-state index in [1.807, 2.05) is 0 Å². The fourth-order valence-corrected chi connectivity index (χ4v) is 2.83. The number of aromatic nitrogens is 2. The third-order valence-electron chi connectivity index (χ3n) is 3.76. The molecular weight excluding hydrogens is 250 g/mol. The first-order valence-electron chi connectivity index (χ1n) is 7.30. The van der Waals surface area contributed by atoms with Gasteiger partial charge in [0.15, 0.2) is 0 Å². The standard InChI is InChI=1S/C16H23N3O/c1-16(2,3)8-15-17-13-5-4-11(7-14(13)18-15)6-12-9-19(20)10-12/h4-5,7,12,20H,6,8-10H2,1-3H3,(H,17,18). The molecule has 0 radical (unpaired) electrons. The number of hydrogen-bond donors (Lipinski definition) is 2. The summed E-state index contributed by atoms with van der Waals surface area (Å²) in [6.45, 7) is 8.25. The Balaban J connectivity index is 1.77. The fourth-order valence-electron chi connectivity index (χ4n) is 2.83. The molecule has 4 heteroatoms. The Hall–Kier alpha value is -1.39. The van der Waals surface area contributed by atoms with Crippen LogP contribution in [-0.2, 0) is 12.8 Å². The molecule has 0 aliphatic carbocycles. The van der Waals surface area contributed by atoms with Crippen molar-refractivity contribution < 1.29 is 5.21 Å². The highest BCUT2D eigenvalue weighted by atomic mass is 16.5. The van der Waals surface area contributed by atoms with E-state index in [0.29, 0.717) is 5.92 Å². The van der Waals surface area contributed by atoms with Crippen LogP contribution in [-0.4, -0.2) is 33.3 Å². The van der Waals surface area contributed by atoms with Crippen molar-refractivity contribution in [3.05, 3.63) is 29.6 Å². The van der Waals surface area contributed by atoms with Gasteiger partial charge in [-0.2, -0.15) is 5.06 Å². The SMILES string of the molecule is CC(C)(C)Cc1nc2ccc(CC3CN(O)C3)cc2[nH]1. The molecule has 2 aromatic rings. The topological polar surface area (TPSA) is 52.1 Å². The third-order valence-corrected chi connectivity index (χ3v) is 3.76. The van der Waals surface area contributed by atoms with Crippen molar-refractivity contribution in [3.63, 3.8) is 0 Å². The Bertz CT molecular complexity index is 606. The van der Waals surface area contributed by atoms with Gasteiger partial charge in [0.1, 0.15) is 5.82 Å².